The van der Waals surface area contributed by atoms with Crippen molar-refractivity contribution in [1.29, 1.82) is 0 Å². The van der Waals surface area contributed by atoms with E-state index in [0.717, 1.165) is 0 Å². The van der Waals surface area contributed by atoms with E-state index in [-0.39, 0.29) is 11.7 Å². The monoisotopic (exact) mass is 272 g/mol. The van der Waals surface area contributed by atoms with Crippen molar-refractivity contribution in [2.45, 2.75) is 0 Å². The summed E-state index contributed by atoms with van der Waals surface area (Å²) in [6, 6.07) is 9.51. The second-order valence-corrected chi connectivity index (χ2v) is 4.90. The van der Waals surface area contributed by atoms with E-state index >= 15 is 0 Å². The first kappa shape index (κ1) is 11.8. The Hall–Kier alpha value is -2.27. The highest BCUT2D eigenvalue weighted by Gasteiger charge is 2.09. The topological polar surface area (TPSA) is 42.0 Å². The molecule has 0 bridgehead atoms. The molecule has 1 N–H and O–H groups in total. The van der Waals surface area contributed by atoms with Gasteiger partial charge in [0.15, 0.2) is 0 Å². The summed E-state index contributed by atoms with van der Waals surface area (Å²) in [7, 11) is 0. The van der Waals surface area contributed by atoms with Gasteiger partial charge in [-0.05, 0) is 35.7 Å². The molecule has 0 saturated heterocycles. The van der Waals surface area contributed by atoms with Crippen LogP contribution in [0.3, 0.4) is 0 Å². The second-order valence-electron chi connectivity index (χ2n) is 3.95. The Morgan fingerprint density at radius 2 is 2.16 bits per heavy atom. The number of nitrogens with zero attached hydrogens (tertiary/aromatic N) is 1. The molecule has 0 saturated carbocycles. The van der Waals surface area contributed by atoms with Crippen molar-refractivity contribution in [3.05, 3.63) is 58.7 Å². The zero-order valence-electron chi connectivity index (χ0n) is 9.76. The molecule has 0 atom stereocenters. The maximum Gasteiger partial charge on any atom is 0.265 e. The first-order valence-corrected chi connectivity index (χ1v) is 6.51. The van der Waals surface area contributed by atoms with Crippen LogP contribution in [0.4, 0.5) is 10.1 Å². The number of rotatable bonds is 2. The first-order valence-electron chi connectivity index (χ1n) is 5.63. The van der Waals surface area contributed by atoms with E-state index in [0.29, 0.717) is 21.5 Å². The summed E-state index contributed by atoms with van der Waals surface area (Å²) in [6.45, 7) is 0. The number of carbonyl (C=O) groups is 1. The molecule has 1 aromatic carbocycles. The zero-order chi connectivity index (χ0) is 13.2. The van der Waals surface area contributed by atoms with Gasteiger partial charge in [0.05, 0.1) is 16.1 Å². The minimum Gasteiger partial charge on any atom is -0.321 e. The van der Waals surface area contributed by atoms with Crippen LogP contribution in [-0.2, 0) is 0 Å². The van der Waals surface area contributed by atoms with E-state index in [1.807, 2.05) is 11.4 Å². The van der Waals surface area contributed by atoms with Crippen LogP contribution in [0.1, 0.15) is 9.67 Å². The second kappa shape index (κ2) is 4.78. The fourth-order valence-corrected chi connectivity index (χ4v) is 2.44. The molecule has 0 aliphatic carbocycles. The molecule has 0 radical (unpaired) electrons. The summed E-state index contributed by atoms with van der Waals surface area (Å²) in [5.74, 6) is -0.557. The molecule has 3 rings (SSSR count). The van der Waals surface area contributed by atoms with Gasteiger partial charge in [0.1, 0.15) is 5.82 Å². The van der Waals surface area contributed by atoms with Crippen LogP contribution in [0.2, 0.25) is 0 Å². The van der Waals surface area contributed by atoms with E-state index in [9.17, 15) is 9.18 Å². The lowest BCUT2D eigenvalue weighted by Gasteiger charge is -2.07. The zero-order valence-corrected chi connectivity index (χ0v) is 10.6. The normalized spacial score (nSPS) is 10.6. The smallest absolute Gasteiger partial charge is 0.265 e. The number of anilines is 1. The highest BCUT2D eigenvalue weighted by Crippen LogP contribution is 2.23. The Bertz CT molecular complexity index is 740. The van der Waals surface area contributed by atoms with Gasteiger partial charge >= 0.3 is 0 Å². The molecule has 0 aliphatic rings. The quantitative estimate of drug-likeness (QED) is 0.773. The van der Waals surface area contributed by atoms with Crippen molar-refractivity contribution in [3.8, 4) is 0 Å². The van der Waals surface area contributed by atoms with Crippen LogP contribution in [-0.4, -0.2) is 10.9 Å². The number of thiophene rings is 1. The number of pyridine rings is 1. The molecule has 0 fully saturated rings. The molecule has 19 heavy (non-hydrogen) atoms. The molecule has 2 aromatic heterocycles. The third-order valence-corrected chi connectivity index (χ3v) is 3.57. The SMILES string of the molecule is O=C(Nc1ccnc2ccc(F)cc12)c1cccs1. The summed E-state index contributed by atoms with van der Waals surface area (Å²) in [6.07, 6.45) is 1.59. The molecular formula is C14H9FN2OS. The molecule has 3 aromatic rings. The molecule has 94 valence electrons. The van der Waals surface area contributed by atoms with Gasteiger partial charge in [0.2, 0.25) is 0 Å². The van der Waals surface area contributed by atoms with Gasteiger partial charge < -0.3 is 5.32 Å². The van der Waals surface area contributed by atoms with Gasteiger partial charge in [0, 0.05) is 11.6 Å². The largest absolute Gasteiger partial charge is 0.321 e. The first-order chi connectivity index (χ1) is 9.24. The number of carbonyl (C=O) groups excluding carboxylic acids is 1. The Kier molecular flexibility index (Phi) is 2.97. The lowest BCUT2D eigenvalue weighted by atomic mass is 10.2. The Morgan fingerprint density at radius 1 is 1.26 bits per heavy atom. The van der Waals surface area contributed by atoms with Crippen molar-refractivity contribution >= 4 is 33.8 Å². The van der Waals surface area contributed by atoms with Gasteiger partial charge in [-0.15, -0.1) is 11.3 Å². The van der Waals surface area contributed by atoms with Gasteiger partial charge in [-0.25, -0.2) is 4.39 Å². The molecule has 1 amide bonds. The average Bonchev–Trinajstić information content (AvgIpc) is 2.93. The van der Waals surface area contributed by atoms with Crippen molar-refractivity contribution in [2.75, 3.05) is 5.32 Å². The number of halogens is 1. The number of hydrogen-bond acceptors (Lipinski definition) is 3. The van der Waals surface area contributed by atoms with Crippen molar-refractivity contribution < 1.29 is 9.18 Å². The minimum absolute atomic E-state index is 0.202. The highest BCUT2D eigenvalue weighted by molar-refractivity contribution is 7.12. The maximum atomic E-state index is 13.3. The summed E-state index contributed by atoms with van der Waals surface area (Å²) in [4.78, 5) is 16.7. The van der Waals surface area contributed by atoms with Crippen LogP contribution >= 0.6 is 11.3 Å². The summed E-state index contributed by atoms with van der Waals surface area (Å²) < 4.78 is 13.3. The summed E-state index contributed by atoms with van der Waals surface area (Å²) >= 11 is 1.36. The van der Waals surface area contributed by atoms with Crippen molar-refractivity contribution in [1.82, 2.24) is 4.98 Å². The number of nitrogens with one attached hydrogen (secondary N) is 1. The van der Waals surface area contributed by atoms with E-state index in [2.05, 4.69) is 10.3 Å². The third kappa shape index (κ3) is 2.32. The lowest BCUT2D eigenvalue weighted by Crippen LogP contribution is -2.10. The predicted octanol–water partition coefficient (Wildman–Crippen LogP) is 3.69. The summed E-state index contributed by atoms with van der Waals surface area (Å²) in [5, 5.41) is 5.20. The Morgan fingerprint density at radius 3 is 2.95 bits per heavy atom. The molecule has 2 heterocycles. The highest BCUT2D eigenvalue weighted by atomic mass is 32.1. The predicted molar refractivity (Wildman–Crippen MR) is 74.0 cm³/mol. The third-order valence-electron chi connectivity index (χ3n) is 2.70. The number of fused-ring (bicyclic) bond motifs is 1. The average molecular weight is 272 g/mol. The van der Waals surface area contributed by atoms with Crippen LogP contribution in [0.5, 0.6) is 0 Å². The van der Waals surface area contributed by atoms with E-state index in [1.165, 1.54) is 23.5 Å². The van der Waals surface area contributed by atoms with E-state index in [4.69, 9.17) is 0 Å². The van der Waals surface area contributed by atoms with Crippen LogP contribution in [0.15, 0.2) is 48.0 Å². The Balaban J connectivity index is 2.01. The van der Waals surface area contributed by atoms with Gasteiger partial charge in [-0.1, -0.05) is 6.07 Å². The standard InChI is InChI=1S/C14H9FN2OS/c15-9-3-4-11-10(8-9)12(5-6-16-11)17-14(18)13-2-1-7-19-13/h1-8H,(H,16,17,18). The van der Waals surface area contributed by atoms with Gasteiger partial charge in [-0.2, -0.15) is 0 Å². The minimum atomic E-state index is -0.355. The lowest BCUT2D eigenvalue weighted by molar-refractivity contribution is 0.103. The fourth-order valence-electron chi connectivity index (χ4n) is 1.82. The summed E-state index contributed by atoms with van der Waals surface area (Å²) in [5.41, 5.74) is 1.20. The molecule has 0 aliphatic heterocycles. The number of hydrogen-bond donors (Lipinski definition) is 1. The molecule has 3 nitrogen and oxygen atoms in total. The van der Waals surface area contributed by atoms with E-state index < -0.39 is 0 Å². The van der Waals surface area contributed by atoms with Gasteiger partial charge in [0.25, 0.3) is 5.91 Å². The number of benzene rings is 1. The fraction of sp³-hybridized carbons (Fsp3) is 0. The van der Waals surface area contributed by atoms with Crippen molar-refractivity contribution in [2.24, 2.45) is 0 Å². The van der Waals surface area contributed by atoms with E-state index in [1.54, 1.807) is 24.4 Å². The Labute approximate surface area is 112 Å². The van der Waals surface area contributed by atoms with Crippen LogP contribution < -0.4 is 5.32 Å². The van der Waals surface area contributed by atoms with Gasteiger partial charge in [-0.3, -0.25) is 9.78 Å². The molecule has 0 spiro atoms. The maximum absolute atomic E-state index is 13.3. The van der Waals surface area contributed by atoms with Crippen molar-refractivity contribution in [3.63, 3.8) is 0 Å². The molecule has 0 unspecified atom stereocenters. The van der Waals surface area contributed by atoms with Crippen LogP contribution in [0.25, 0.3) is 10.9 Å². The number of aromatic nitrogens is 1. The van der Waals surface area contributed by atoms with Crippen LogP contribution in [0, 0.1) is 5.82 Å². The molecular weight excluding hydrogens is 263 g/mol. The number of amides is 1. The molecule has 5 heteroatoms.